The minimum atomic E-state index is -1.72. The topological polar surface area (TPSA) is 63.6 Å². The van der Waals surface area contributed by atoms with Gasteiger partial charge in [0.25, 0.3) is 0 Å². The van der Waals surface area contributed by atoms with E-state index in [9.17, 15) is 14.7 Å². The summed E-state index contributed by atoms with van der Waals surface area (Å²) >= 11 is 0. The minimum absolute atomic E-state index is 0.322. The van der Waals surface area contributed by atoms with E-state index in [0.29, 0.717) is 17.4 Å². The quantitative estimate of drug-likeness (QED) is 0.697. The van der Waals surface area contributed by atoms with Crippen LogP contribution in [0.5, 0.6) is 0 Å². The van der Waals surface area contributed by atoms with E-state index in [1.54, 1.807) is 54.6 Å². The smallest absolute Gasteiger partial charge is 0.339 e. The molecule has 0 bridgehead atoms. The molecule has 4 heteroatoms. The molecule has 3 rings (SSSR count). The Bertz CT molecular complexity index is 736. The molecule has 1 aliphatic rings. The van der Waals surface area contributed by atoms with E-state index in [-0.39, 0.29) is 0 Å². The summed E-state index contributed by atoms with van der Waals surface area (Å²) in [5.74, 6) is -0.656. The van der Waals surface area contributed by atoms with E-state index in [1.807, 2.05) is 6.07 Å². The van der Waals surface area contributed by atoms with E-state index >= 15 is 0 Å². The van der Waals surface area contributed by atoms with Gasteiger partial charge in [0.05, 0.1) is 5.56 Å². The first-order valence-corrected chi connectivity index (χ1v) is 6.88. The van der Waals surface area contributed by atoms with Crippen LogP contribution in [-0.2, 0) is 15.1 Å². The van der Waals surface area contributed by atoms with Crippen LogP contribution in [0.15, 0.2) is 60.7 Å². The van der Waals surface area contributed by atoms with Crippen LogP contribution >= 0.6 is 0 Å². The van der Waals surface area contributed by atoms with Gasteiger partial charge in [-0.05, 0) is 17.7 Å². The molecule has 110 valence electrons. The molecular formula is C18H14O4. The third-order valence-electron chi connectivity index (χ3n) is 3.73. The van der Waals surface area contributed by atoms with E-state index in [0.717, 1.165) is 5.56 Å². The Hall–Kier alpha value is -2.72. The second kappa shape index (κ2) is 5.58. The van der Waals surface area contributed by atoms with Gasteiger partial charge < -0.3 is 9.84 Å². The van der Waals surface area contributed by atoms with Gasteiger partial charge in [0, 0.05) is 5.56 Å². The lowest BCUT2D eigenvalue weighted by Crippen LogP contribution is -2.46. The predicted molar refractivity (Wildman–Crippen MR) is 81.1 cm³/mol. The summed E-state index contributed by atoms with van der Waals surface area (Å²) < 4.78 is 5.44. The van der Waals surface area contributed by atoms with Crippen LogP contribution in [0.25, 0.3) is 6.08 Å². The highest BCUT2D eigenvalue weighted by molar-refractivity contribution is 5.92. The van der Waals surface area contributed by atoms with Crippen LogP contribution in [0.2, 0.25) is 0 Å². The molecule has 0 fully saturated rings. The number of benzene rings is 2. The van der Waals surface area contributed by atoms with Crippen LogP contribution in [0.3, 0.4) is 0 Å². The van der Waals surface area contributed by atoms with Gasteiger partial charge in [-0.2, -0.15) is 0 Å². The minimum Gasteiger partial charge on any atom is -0.440 e. The van der Waals surface area contributed by atoms with Gasteiger partial charge in [-0.15, -0.1) is 0 Å². The number of aldehydes is 1. The van der Waals surface area contributed by atoms with Crippen LogP contribution < -0.4 is 0 Å². The van der Waals surface area contributed by atoms with E-state index in [1.165, 1.54) is 6.08 Å². The van der Waals surface area contributed by atoms with Gasteiger partial charge in [-0.25, -0.2) is 4.79 Å². The molecule has 22 heavy (non-hydrogen) atoms. The van der Waals surface area contributed by atoms with Gasteiger partial charge in [0.1, 0.15) is 6.10 Å². The maximum atomic E-state index is 12.3. The number of carbonyl (C=O) groups is 2. The van der Waals surface area contributed by atoms with Crippen LogP contribution in [0.4, 0.5) is 0 Å². The molecule has 2 unspecified atom stereocenters. The van der Waals surface area contributed by atoms with Crippen molar-refractivity contribution in [1.82, 2.24) is 0 Å². The number of aliphatic hydroxyl groups excluding tert-OH is 1. The molecule has 0 amide bonds. The first-order valence-electron chi connectivity index (χ1n) is 6.88. The Morgan fingerprint density at radius 1 is 1.09 bits per heavy atom. The molecule has 0 aromatic heterocycles. The Labute approximate surface area is 127 Å². The molecule has 0 saturated heterocycles. The monoisotopic (exact) mass is 294 g/mol. The molecule has 0 heterocycles. The normalized spacial score (nSPS) is 22.7. The largest absolute Gasteiger partial charge is 0.440 e. The van der Waals surface area contributed by atoms with Crippen LogP contribution in [-0.4, -0.2) is 23.5 Å². The number of ether oxygens (including phenoxy) is 1. The number of aliphatic hydroxyl groups is 1. The molecule has 2 aromatic carbocycles. The standard InChI is InChI=1S/C18H14O4/c19-12-18(22-17(21)14-7-2-1-3-8-14)15-9-5-4-6-13(15)10-11-16(18)20/h1-12,16,20H. The SMILES string of the molecule is O=CC1(OC(=O)c2ccccc2)c2ccccc2C=CC1O. The highest BCUT2D eigenvalue weighted by atomic mass is 16.6. The lowest BCUT2D eigenvalue weighted by molar-refractivity contribution is -0.136. The van der Waals surface area contributed by atoms with Crippen molar-refractivity contribution >= 4 is 18.3 Å². The molecule has 0 spiro atoms. The van der Waals surface area contributed by atoms with Crippen molar-refractivity contribution in [2.24, 2.45) is 0 Å². The summed E-state index contributed by atoms with van der Waals surface area (Å²) in [7, 11) is 0. The average molecular weight is 294 g/mol. The van der Waals surface area contributed by atoms with Crippen molar-refractivity contribution < 1.29 is 19.4 Å². The third-order valence-corrected chi connectivity index (χ3v) is 3.73. The fraction of sp³-hybridized carbons (Fsp3) is 0.111. The number of fused-ring (bicyclic) bond motifs is 1. The maximum Gasteiger partial charge on any atom is 0.339 e. The van der Waals surface area contributed by atoms with Crippen molar-refractivity contribution in [2.75, 3.05) is 0 Å². The summed E-state index contributed by atoms with van der Waals surface area (Å²) in [5.41, 5.74) is -0.189. The predicted octanol–water partition coefficient (Wildman–Crippen LogP) is 2.33. The molecule has 2 aromatic rings. The number of carbonyl (C=O) groups excluding carboxylic acids is 2. The highest BCUT2D eigenvalue weighted by Crippen LogP contribution is 2.36. The number of hydrogen-bond acceptors (Lipinski definition) is 4. The lowest BCUT2D eigenvalue weighted by Gasteiger charge is -2.35. The summed E-state index contributed by atoms with van der Waals surface area (Å²) in [6.07, 6.45) is 2.42. The molecule has 1 aliphatic carbocycles. The van der Waals surface area contributed by atoms with E-state index in [4.69, 9.17) is 4.74 Å². The first-order chi connectivity index (χ1) is 10.7. The summed E-state index contributed by atoms with van der Waals surface area (Å²) in [6.45, 7) is 0. The van der Waals surface area contributed by atoms with Crippen LogP contribution in [0, 0.1) is 0 Å². The average Bonchev–Trinajstić information content (AvgIpc) is 2.58. The Morgan fingerprint density at radius 3 is 2.50 bits per heavy atom. The van der Waals surface area contributed by atoms with Crippen LogP contribution in [0.1, 0.15) is 21.5 Å². The second-order valence-corrected chi connectivity index (χ2v) is 5.06. The number of esters is 1. The molecule has 1 N–H and O–H groups in total. The highest BCUT2D eigenvalue weighted by Gasteiger charge is 2.45. The molecular weight excluding hydrogens is 280 g/mol. The van der Waals surface area contributed by atoms with E-state index in [2.05, 4.69) is 0 Å². The summed E-state index contributed by atoms with van der Waals surface area (Å²) in [5, 5.41) is 10.3. The Balaban J connectivity index is 2.03. The van der Waals surface area contributed by atoms with Gasteiger partial charge in [-0.3, -0.25) is 4.79 Å². The van der Waals surface area contributed by atoms with Gasteiger partial charge in [0.15, 0.2) is 6.29 Å². The number of hydrogen-bond donors (Lipinski definition) is 1. The fourth-order valence-electron chi connectivity index (χ4n) is 2.55. The fourth-order valence-corrected chi connectivity index (χ4v) is 2.55. The Kier molecular flexibility index (Phi) is 3.61. The lowest BCUT2D eigenvalue weighted by atomic mass is 9.81. The molecule has 0 saturated carbocycles. The summed E-state index contributed by atoms with van der Waals surface area (Å²) in [6, 6.07) is 15.4. The molecule has 2 atom stereocenters. The number of rotatable bonds is 3. The summed E-state index contributed by atoms with van der Waals surface area (Å²) in [4.78, 5) is 24.1. The van der Waals surface area contributed by atoms with Crippen molar-refractivity contribution in [2.45, 2.75) is 11.7 Å². The first kappa shape index (κ1) is 14.2. The van der Waals surface area contributed by atoms with Gasteiger partial charge in [0.2, 0.25) is 5.60 Å². The van der Waals surface area contributed by atoms with Crippen molar-refractivity contribution in [3.05, 3.63) is 77.4 Å². The third kappa shape index (κ3) is 2.23. The molecule has 0 radical (unpaired) electrons. The Morgan fingerprint density at radius 2 is 1.77 bits per heavy atom. The maximum absolute atomic E-state index is 12.3. The zero-order chi connectivity index (χ0) is 15.6. The second-order valence-electron chi connectivity index (χ2n) is 5.06. The van der Waals surface area contributed by atoms with Gasteiger partial charge >= 0.3 is 5.97 Å². The zero-order valence-electron chi connectivity index (χ0n) is 11.7. The van der Waals surface area contributed by atoms with E-state index < -0.39 is 17.7 Å². The van der Waals surface area contributed by atoms with Crippen molar-refractivity contribution in [1.29, 1.82) is 0 Å². The molecule has 0 aliphatic heterocycles. The van der Waals surface area contributed by atoms with Crippen molar-refractivity contribution in [3.63, 3.8) is 0 Å². The van der Waals surface area contributed by atoms with Gasteiger partial charge in [-0.1, -0.05) is 54.6 Å². The zero-order valence-corrected chi connectivity index (χ0v) is 11.7. The molecule has 4 nitrogen and oxygen atoms in total. The van der Waals surface area contributed by atoms with Crippen molar-refractivity contribution in [3.8, 4) is 0 Å².